The van der Waals surface area contributed by atoms with Crippen molar-refractivity contribution in [2.45, 2.75) is 12.5 Å². The third kappa shape index (κ3) is 4.70. The van der Waals surface area contributed by atoms with Gasteiger partial charge in [0.05, 0.1) is 0 Å². The van der Waals surface area contributed by atoms with E-state index in [1.165, 1.54) is 0 Å². The summed E-state index contributed by atoms with van der Waals surface area (Å²) >= 11 is 5.96. The van der Waals surface area contributed by atoms with E-state index in [1.54, 1.807) is 24.3 Å². The number of carbonyl (C=O) groups is 1. The number of benzene rings is 2. The zero-order chi connectivity index (χ0) is 15.1. The van der Waals surface area contributed by atoms with Crippen molar-refractivity contribution in [3.8, 4) is 0 Å². The van der Waals surface area contributed by atoms with Crippen molar-refractivity contribution >= 4 is 22.7 Å². The predicted octanol–water partition coefficient (Wildman–Crippen LogP) is 2.63. The lowest BCUT2D eigenvalue weighted by Gasteiger charge is -2.09. The molecule has 0 heterocycles. The predicted molar refractivity (Wildman–Crippen MR) is 83.0 cm³/mol. The van der Waals surface area contributed by atoms with Gasteiger partial charge in [-0.25, -0.2) is 5.43 Å². The maximum Gasteiger partial charge on any atom is 0.273 e. The van der Waals surface area contributed by atoms with Gasteiger partial charge in [0.2, 0.25) is 0 Å². The average molecular weight is 303 g/mol. The summed E-state index contributed by atoms with van der Waals surface area (Å²) in [5.74, 6) is -0.618. The Morgan fingerprint density at radius 1 is 1.10 bits per heavy atom. The molecule has 0 radical (unpaired) electrons. The average Bonchev–Trinajstić information content (AvgIpc) is 2.53. The molecule has 2 N–H and O–H groups in total. The summed E-state index contributed by atoms with van der Waals surface area (Å²) in [6.45, 7) is 0. The van der Waals surface area contributed by atoms with Crippen LogP contribution in [0.4, 0.5) is 0 Å². The van der Waals surface area contributed by atoms with Gasteiger partial charge in [-0.3, -0.25) is 4.79 Å². The fraction of sp³-hybridized carbons (Fsp3) is 0.125. The van der Waals surface area contributed by atoms with Gasteiger partial charge in [-0.2, -0.15) is 5.10 Å². The van der Waals surface area contributed by atoms with E-state index in [-0.39, 0.29) is 5.17 Å². The molecule has 0 saturated carbocycles. The van der Waals surface area contributed by atoms with Crippen molar-refractivity contribution in [1.82, 2.24) is 5.43 Å². The summed E-state index contributed by atoms with van der Waals surface area (Å²) in [6.07, 6.45) is -0.847. The van der Waals surface area contributed by atoms with Crippen LogP contribution < -0.4 is 5.43 Å². The molecule has 0 aliphatic carbocycles. The highest BCUT2D eigenvalue weighted by atomic mass is 35.5. The van der Waals surface area contributed by atoms with Gasteiger partial charge in [-0.1, -0.05) is 72.3 Å². The quantitative estimate of drug-likeness (QED) is 0.659. The standard InChI is InChI=1S/C16H15ClN2O2/c17-14(11-12-7-3-1-4-8-12)18-19-16(21)15(20)13-9-5-2-6-10-13/h1-10,15,20H,11H2,(H,19,21)/t15-/m1/s1. The summed E-state index contributed by atoms with van der Waals surface area (Å²) in [6, 6.07) is 18.2. The van der Waals surface area contributed by atoms with E-state index in [9.17, 15) is 9.90 Å². The molecule has 0 aliphatic rings. The summed E-state index contributed by atoms with van der Waals surface area (Å²) < 4.78 is 0. The van der Waals surface area contributed by atoms with Crippen molar-refractivity contribution in [1.29, 1.82) is 0 Å². The molecular formula is C16H15ClN2O2. The lowest BCUT2D eigenvalue weighted by atomic mass is 10.1. The van der Waals surface area contributed by atoms with Crippen molar-refractivity contribution in [2.24, 2.45) is 5.10 Å². The number of amides is 1. The van der Waals surface area contributed by atoms with Crippen LogP contribution in [0.25, 0.3) is 0 Å². The van der Waals surface area contributed by atoms with Crippen LogP contribution in [0, 0.1) is 0 Å². The zero-order valence-electron chi connectivity index (χ0n) is 11.2. The van der Waals surface area contributed by atoms with Gasteiger partial charge in [0, 0.05) is 6.42 Å². The van der Waals surface area contributed by atoms with E-state index >= 15 is 0 Å². The second kappa shape index (κ2) is 7.57. The van der Waals surface area contributed by atoms with Crippen molar-refractivity contribution in [3.05, 3.63) is 71.8 Å². The molecule has 108 valence electrons. The first-order valence-corrected chi connectivity index (χ1v) is 6.83. The number of nitrogens with zero attached hydrogens (tertiary/aromatic N) is 1. The van der Waals surface area contributed by atoms with Gasteiger partial charge in [0.1, 0.15) is 5.17 Å². The molecule has 0 aliphatic heterocycles. The second-order valence-electron chi connectivity index (χ2n) is 4.44. The summed E-state index contributed by atoms with van der Waals surface area (Å²) in [5, 5.41) is 13.9. The van der Waals surface area contributed by atoms with E-state index in [0.717, 1.165) is 5.56 Å². The van der Waals surface area contributed by atoms with Crippen LogP contribution in [0.2, 0.25) is 0 Å². The van der Waals surface area contributed by atoms with Crippen molar-refractivity contribution in [2.75, 3.05) is 0 Å². The van der Waals surface area contributed by atoms with E-state index in [0.29, 0.717) is 12.0 Å². The van der Waals surface area contributed by atoms with E-state index in [4.69, 9.17) is 11.6 Å². The molecule has 1 atom stereocenters. The molecule has 0 bridgehead atoms. The molecule has 5 heteroatoms. The Balaban J connectivity index is 1.92. The molecule has 0 spiro atoms. The highest BCUT2D eigenvalue weighted by molar-refractivity contribution is 6.65. The Kier molecular flexibility index (Phi) is 5.49. The first-order chi connectivity index (χ1) is 10.2. The smallest absolute Gasteiger partial charge is 0.273 e. The minimum absolute atomic E-state index is 0.245. The molecule has 0 fully saturated rings. The van der Waals surface area contributed by atoms with Gasteiger partial charge >= 0.3 is 0 Å². The number of hydrogen-bond acceptors (Lipinski definition) is 3. The number of rotatable bonds is 5. The van der Waals surface area contributed by atoms with Crippen LogP contribution in [0.1, 0.15) is 17.2 Å². The summed E-state index contributed by atoms with van der Waals surface area (Å²) in [5.41, 5.74) is 3.76. The highest BCUT2D eigenvalue weighted by Crippen LogP contribution is 2.11. The fourth-order valence-corrected chi connectivity index (χ4v) is 1.96. The Labute approximate surface area is 128 Å². The minimum atomic E-state index is -1.27. The van der Waals surface area contributed by atoms with Crippen LogP contribution in [-0.2, 0) is 11.2 Å². The molecule has 0 saturated heterocycles. The Hall–Kier alpha value is -2.17. The Morgan fingerprint density at radius 2 is 1.67 bits per heavy atom. The van der Waals surface area contributed by atoms with Crippen molar-refractivity contribution < 1.29 is 9.90 Å². The molecule has 2 aromatic carbocycles. The van der Waals surface area contributed by atoms with E-state index in [2.05, 4.69) is 10.5 Å². The number of carbonyl (C=O) groups excluding carboxylic acids is 1. The van der Waals surface area contributed by atoms with Gasteiger partial charge in [-0.15, -0.1) is 0 Å². The van der Waals surface area contributed by atoms with Crippen molar-refractivity contribution in [3.63, 3.8) is 0 Å². The number of hydrazone groups is 1. The maximum atomic E-state index is 11.8. The zero-order valence-corrected chi connectivity index (χ0v) is 12.0. The Morgan fingerprint density at radius 3 is 2.29 bits per heavy atom. The highest BCUT2D eigenvalue weighted by Gasteiger charge is 2.16. The van der Waals surface area contributed by atoms with Gasteiger partial charge in [-0.05, 0) is 11.1 Å². The van der Waals surface area contributed by atoms with Crippen LogP contribution >= 0.6 is 11.6 Å². The van der Waals surface area contributed by atoms with E-state index < -0.39 is 12.0 Å². The number of halogens is 1. The molecule has 0 aromatic heterocycles. The van der Waals surface area contributed by atoms with Crippen LogP contribution in [0.5, 0.6) is 0 Å². The van der Waals surface area contributed by atoms with Crippen LogP contribution in [0.3, 0.4) is 0 Å². The van der Waals surface area contributed by atoms with Gasteiger partial charge in [0.25, 0.3) is 5.91 Å². The van der Waals surface area contributed by atoms with Gasteiger partial charge in [0.15, 0.2) is 6.10 Å². The first-order valence-electron chi connectivity index (χ1n) is 6.45. The number of hydrogen-bond donors (Lipinski definition) is 2. The minimum Gasteiger partial charge on any atom is -0.378 e. The molecule has 4 nitrogen and oxygen atoms in total. The molecule has 0 unspecified atom stereocenters. The SMILES string of the molecule is O=C(NN=C(Cl)Cc1ccccc1)[C@H](O)c1ccccc1. The largest absolute Gasteiger partial charge is 0.378 e. The third-order valence-electron chi connectivity index (χ3n) is 2.84. The van der Waals surface area contributed by atoms with E-state index in [1.807, 2.05) is 36.4 Å². The summed E-state index contributed by atoms with van der Waals surface area (Å²) in [7, 11) is 0. The van der Waals surface area contributed by atoms with Crippen LogP contribution in [0.15, 0.2) is 65.8 Å². The monoisotopic (exact) mass is 302 g/mol. The first kappa shape index (κ1) is 15.2. The molecule has 21 heavy (non-hydrogen) atoms. The lowest BCUT2D eigenvalue weighted by molar-refractivity contribution is -0.129. The fourth-order valence-electron chi connectivity index (χ4n) is 1.77. The molecular weight excluding hydrogens is 288 g/mol. The summed E-state index contributed by atoms with van der Waals surface area (Å²) in [4.78, 5) is 11.8. The van der Waals surface area contributed by atoms with Crippen LogP contribution in [-0.4, -0.2) is 16.2 Å². The number of aliphatic hydroxyl groups is 1. The molecule has 1 amide bonds. The lowest BCUT2D eigenvalue weighted by Crippen LogP contribution is -2.25. The van der Waals surface area contributed by atoms with Gasteiger partial charge < -0.3 is 5.11 Å². The normalized spacial score (nSPS) is 12.8. The number of nitrogens with one attached hydrogen (secondary N) is 1. The Bertz CT molecular complexity index is 615. The number of aliphatic hydroxyl groups excluding tert-OH is 1. The third-order valence-corrected chi connectivity index (χ3v) is 3.06. The molecule has 2 aromatic rings. The topological polar surface area (TPSA) is 61.7 Å². The maximum absolute atomic E-state index is 11.8. The second-order valence-corrected chi connectivity index (χ2v) is 4.88. The molecule has 2 rings (SSSR count).